The van der Waals surface area contributed by atoms with Gasteiger partial charge in [-0.2, -0.15) is 13.9 Å². The molecule has 0 bridgehead atoms. The molecule has 0 atom stereocenters. The van der Waals surface area contributed by atoms with Gasteiger partial charge in [0.1, 0.15) is 5.75 Å². The lowest BCUT2D eigenvalue weighted by Crippen LogP contribution is -2.03. The highest BCUT2D eigenvalue weighted by Gasteiger charge is 2.15. The van der Waals surface area contributed by atoms with E-state index in [-0.39, 0.29) is 5.75 Å². The Morgan fingerprint density at radius 3 is 2.89 bits per heavy atom. The van der Waals surface area contributed by atoms with E-state index in [1.54, 1.807) is 29.1 Å². The molecular formula is C13H13BrF2N2O. The second kappa shape index (κ2) is 6.14. The quantitative estimate of drug-likeness (QED) is 0.816. The fourth-order valence-electron chi connectivity index (χ4n) is 1.80. The Kier molecular flexibility index (Phi) is 4.52. The van der Waals surface area contributed by atoms with Gasteiger partial charge in [0.25, 0.3) is 0 Å². The van der Waals surface area contributed by atoms with Gasteiger partial charge in [-0.1, -0.05) is 19.1 Å². The van der Waals surface area contributed by atoms with Gasteiger partial charge < -0.3 is 4.74 Å². The fourth-order valence-corrected chi connectivity index (χ4v) is 2.26. The Morgan fingerprint density at radius 2 is 2.21 bits per heavy atom. The Morgan fingerprint density at radius 1 is 1.42 bits per heavy atom. The summed E-state index contributed by atoms with van der Waals surface area (Å²) in [6.07, 6.45) is 4.43. The van der Waals surface area contributed by atoms with Crippen LogP contribution in [0.5, 0.6) is 5.75 Å². The summed E-state index contributed by atoms with van der Waals surface area (Å²) in [6.45, 7) is -0.0201. The number of hydrogen-bond acceptors (Lipinski definition) is 2. The van der Waals surface area contributed by atoms with Crippen LogP contribution in [0.2, 0.25) is 0 Å². The van der Waals surface area contributed by atoms with Crippen LogP contribution in [-0.2, 0) is 6.54 Å². The zero-order chi connectivity index (χ0) is 13.8. The number of alkyl halides is 2. The van der Waals surface area contributed by atoms with Gasteiger partial charge in [-0.25, -0.2) is 0 Å². The molecule has 0 aliphatic heterocycles. The summed E-state index contributed by atoms with van der Waals surface area (Å²) < 4.78 is 31.8. The highest BCUT2D eigenvalue weighted by Crippen LogP contribution is 2.37. The van der Waals surface area contributed by atoms with E-state index in [1.807, 2.05) is 13.1 Å². The summed E-state index contributed by atoms with van der Waals surface area (Å²) >= 11 is 3.22. The van der Waals surface area contributed by atoms with Gasteiger partial charge in [0.15, 0.2) is 0 Å². The molecule has 0 unspecified atom stereocenters. The van der Waals surface area contributed by atoms with E-state index in [2.05, 4.69) is 25.8 Å². The van der Waals surface area contributed by atoms with Crippen LogP contribution in [0.15, 0.2) is 35.1 Å². The number of benzene rings is 1. The Hall–Kier alpha value is -1.43. The Bertz CT molecular complexity index is 557. The molecule has 0 radical (unpaired) electrons. The summed E-state index contributed by atoms with van der Waals surface area (Å²) in [4.78, 5) is 0. The first-order valence-corrected chi connectivity index (χ1v) is 6.67. The number of hydrogen-bond donors (Lipinski definition) is 0. The van der Waals surface area contributed by atoms with Crippen molar-refractivity contribution in [3.63, 3.8) is 0 Å². The Balaban J connectivity index is 2.39. The lowest BCUT2D eigenvalue weighted by molar-refractivity contribution is -0.0499. The number of ether oxygens (including phenoxy) is 1. The zero-order valence-corrected chi connectivity index (χ0v) is 11.9. The third-order valence-corrected chi connectivity index (χ3v) is 3.20. The van der Waals surface area contributed by atoms with Crippen molar-refractivity contribution in [1.29, 1.82) is 0 Å². The molecule has 0 amide bonds. The maximum Gasteiger partial charge on any atom is 0.387 e. The van der Waals surface area contributed by atoms with Crippen LogP contribution in [0, 0.1) is 0 Å². The average molecular weight is 331 g/mol. The minimum absolute atomic E-state index is 0.133. The second-order valence-corrected chi connectivity index (χ2v) is 4.84. The molecule has 0 saturated heterocycles. The van der Waals surface area contributed by atoms with Crippen molar-refractivity contribution in [3.05, 3.63) is 35.1 Å². The average Bonchev–Trinajstić information content (AvgIpc) is 2.80. The molecule has 6 heteroatoms. The molecule has 1 aromatic heterocycles. The molecule has 0 aliphatic carbocycles. The largest absolute Gasteiger partial charge is 0.433 e. The summed E-state index contributed by atoms with van der Waals surface area (Å²) in [5.74, 6) is 0.133. The molecule has 2 aromatic rings. The normalized spacial score (nSPS) is 11.0. The minimum atomic E-state index is -2.86. The first-order chi connectivity index (χ1) is 9.11. The van der Waals surface area contributed by atoms with E-state index in [0.717, 1.165) is 18.5 Å². The smallest absolute Gasteiger partial charge is 0.387 e. The number of nitrogens with zero attached hydrogens (tertiary/aromatic N) is 2. The van der Waals surface area contributed by atoms with E-state index < -0.39 is 6.61 Å². The van der Waals surface area contributed by atoms with Crippen molar-refractivity contribution in [2.45, 2.75) is 26.5 Å². The summed E-state index contributed by atoms with van der Waals surface area (Å²) in [6, 6.07) is 5.17. The van der Waals surface area contributed by atoms with Crippen molar-refractivity contribution < 1.29 is 13.5 Å². The third kappa shape index (κ3) is 3.32. The predicted molar refractivity (Wildman–Crippen MR) is 72.3 cm³/mol. The molecule has 0 N–H and O–H groups in total. The van der Waals surface area contributed by atoms with Crippen molar-refractivity contribution in [3.8, 4) is 16.9 Å². The van der Waals surface area contributed by atoms with Gasteiger partial charge in [0.2, 0.25) is 0 Å². The number of rotatable bonds is 5. The van der Waals surface area contributed by atoms with Crippen LogP contribution >= 0.6 is 15.9 Å². The molecule has 0 spiro atoms. The van der Waals surface area contributed by atoms with Crippen LogP contribution in [0.25, 0.3) is 11.1 Å². The van der Waals surface area contributed by atoms with E-state index in [0.29, 0.717) is 10.0 Å². The number of aromatic nitrogens is 2. The molecule has 0 saturated carbocycles. The summed E-state index contributed by atoms with van der Waals surface area (Å²) in [7, 11) is 0. The molecule has 2 rings (SSSR count). The van der Waals surface area contributed by atoms with Crippen molar-refractivity contribution >= 4 is 15.9 Å². The first kappa shape index (κ1) is 14.0. The lowest BCUT2D eigenvalue weighted by Gasteiger charge is -2.11. The molecular weight excluding hydrogens is 318 g/mol. The second-order valence-electron chi connectivity index (χ2n) is 3.99. The molecule has 1 heterocycles. The summed E-state index contributed by atoms with van der Waals surface area (Å²) in [5.41, 5.74) is 1.35. The van der Waals surface area contributed by atoms with Gasteiger partial charge in [0, 0.05) is 23.9 Å². The van der Waals surface area contributed by atoms with E-state index in [4.69, 9.17) is 0 Å². The van der Waals surface area contributed by atoms with Crippen LogP contribution in [0.4, 0.5) is 8.78 Å². The van der Waals surface area contributed by atoms with Crippen LogP contribution in [-0.4, -0.2) is 16.4 Å². The molecule has 19 heavy (non-hydrogen) atoms. The topological polar surface area (TPSA) is 27.1 Å². The van der Waals surface area contributed by atoms with Gasteiger partial charge in [-0.3, -0.25) is 4.68 Å². The Labute approximate surface area is 118 Å². The first-order valence-electron chi connectivity index (χ1n) is 5.88. The van der Waals surface area contributed by atoms with Crippen LogP contribution in [0.1, 0.15) is 13.3 Å². The van der Waals surface area contributed by atoms with E-state index in [9.17, 15) is 8.78 Å². The molecule has 0 aliphatic rings. The van der Waals surface area contributed by atoms with Gasteiger partial charge in [-0.05, 0) is 28.4 Å². The van der Waals surface area contributed by atoms with E-state index in [1.165, 1.54) is 0 Å². The molecule has 102 valence electrons. The van der Waals surface area contributed by atoms with Crippen molar-refractivity contribution in [1.82, 2.24) is 9.78 Å². The zero-order valence-electron chi connectivity index (χ0n) is 10.3. The van der Waals surface area contributed by atoms with Gasteiger partial charge in [-0.15, -0.1) is 0 Å². The SMILES string of the molecule is CCCn1cc(-c2cccc(Br)c2OC(F)F)cn1. The van der Waals surface area contributed by atoms with Gasteiger partial charge in [0.05, 0.1) is 10.7 Å². The monoisotopic (exact) mass is 330 g/mol. The third-order valence-electron chi connectivity index (χ3n) is 2.57. The maximum atomic E-state index is 12.5. The number of halogens is 3. The van der Waals surface area contributed by atoms with Crippen molar-refractivity contribution in [2.75, 3.05) is 0 Å². The standard InChI is InChI=1S/C13H13BrF2N2O/c1-2-6-18-8-9(7-17-18)10-4-3-5-11(14)12(10)19-13(15)16/h3-5,7-8,13H,2,6H2,1H3. The van der Waals surface area contributed by atoms with Gasteiger partial charge >= 0.3 is 6.61 Å². The molecule has 1 aromatic carbocycles. The van der Waals surface area contributed by atoms with E-state index >= 15 is 0 Å². The number of aryl methyl sites for hydroxylation is 1. The highest BCUT2D eigenvalue weighted by molar-refractivity contribution is 9.10. The highest BCUT2D eigenvalue weighted by atomic mass is 79.9. The predicted octanol–water partition coefficient (Wildman–Crippen LogP) is 4.32. The molecule has 3 nitrogen and oxygen atoms in total. The van der Waals surface area contributed by atoms with Crippen molar-refractivity contribution in [2.24, 2.45) is 0 Å². The molecule has 0 fully saturated rings. The van der Waals surface area contributed by atoms with Crippen LogP contribution < -0.4 is 4.74 Å². The fraction of sp³-hybridized carbons (Fsp3) is 0.308. The minimum Gasteiger partial charge on any atom is -0.433 e. The maximum absolute atomic E-state index is 12.5. The van der Waals surface area contributed by atoms with Crippen LogP contribution in [0.3, 0.4) is 0 Å². The summed E-state index contributed by atoms with van der Waals surface area (Å²) in [5, 5.41) is 4.19. The number of para-hydroxylation sites is 1. The lowest BCUT2D eigenvalue weighted by atomic mass is 10.1.